The third-order valence-corrected chi connectivity index (χ3v) is 3.41. The van der Waals surface area contributed by atoms with Crippen molar-refractivity contribution in [1.82, 2.24) is 14.5 Å². The summed E-state index contributed by atoms with van der Waals surface area (Å²) in [5.41, 5.74) is 1.01. The molecule has 0 spiro atoms. The first-order chi connectivity index (χ1) is 8.10. The van der Waals surface area contributed by atoms with Gasteiger partial charge in [0.25, 0.3) is 0 Å². The summed E-state index contributed by atoms with van der Waals surface area (Å²) in [5, 5.41) is 0. The van der Waals surface area contributed by atoms with Gasteiger partial charge in [-0.05, 0) is 26.2 Å². The van der Waals surface area contributed by atoms with Crippen LogP contribution in [0.1, 0.15) is 37.7 Å². The van der Waals surface area contributed by atoms with E-state index in [9.17, 15) is 4.79 Å². The summed E-state index contributed by atoms with van der Waals surface area (Å²) in [6.07, 6.45) is 5.05. The molecule has 2 heterocycles. The van der Waals surface area contributed by atoms with Gasteiger partial charge in [0.1, 0.15) is 5.82 Å². The summed E-state index contributed by atoms with van der Waals surface area (Å²) in [5.74, 6) is 1.82. The van der Waals surface area contributed by atoms with E-state index in [1.165, 1.54) is 0 Å². The fraction of sp³-hybridized carbons (Fsp3) is 0.692. The predicted octanol–water partition coefficient (Wildman–Crippen LogP) is 2.11. The summed E-state index contributed by atoms with van der Waals surface area (Å²) in [7, 11) is 0. The van der Waals surface area contributed by atoms with Crippen molar-refractivity contribution in [2.75, 3.05) is 6.54 Å². The number of nitrogens with zero attached hydrogens (tertiary/aromatic N) is 3. The fourth-order valence-corrected chi connectivity index (χ4v) is 2.59. The third kappa shape index (κ3) is 2.68. The Labute approximate surface area is 103 Å². The molecule has 4 heteroatoms. The van der Waals surface area contributed by atoms with Gasteiger partial charge in [0.05, 0.1) is 12.4 Å². The SMILES string of the molecule is CCCC1CC(=O)N(Cn2cc(C)nc2C)C1. The Kier molecular flexibility index (Phi) is 3.50. The molecule has 0 radical (unpaired) electrons. The highest BCUT2D eigenvalue weighted by Crippen LogP contribution is 2.22. The number of aryl methyl sites for hydroxylation is 2. The molecular weight excluding hydrogens is 214 g/mol. The van der Waals surface area contributed by atoms with E-state index in [1.807, 2.05) is 24.9 Å². The first-order valence-corrected chi connectivity index (χ1v) is 6.38. The molecule has 0 saturated carbocycles. The normalized spacial score (nSPS) is 20.3. The zero-order valence-corrected chi connectivity index (χ0v) is 10.9. The van der Waals surface area contributed by atoms with Crippen LogP contribution in [-0.2, 0) is 11.5 Å². The largest absolute Gasteiger partial charge is 0.324 e. The molecule has 0 bridgehead atoms. The molecule has 94 valence electrons. The lowest BCUT2D eigenvalue weighted by Gasteiger charge is -2.18. The van der Waals surface area contributed by atoms with Gasteiger partial charge in [0.15, 0.2) is 0 Å². The minimum Gasteiger partial charge on any atom is -0.324 e. The molecule has 1 aliphatic rings. The number of hydrogen-bond acceptors (Lipinski definition) is 2. The molecule has 1 aromatic rings. The Balaban J connectivity index is 2.00. The lowest BCUT2D eigenvalue weighted by Crippen LogP contribution is -2.28. The number of likely N-dealkylation sites (tertiary alicyclic amines) is 1. The van der Waals surface area contributed by atoms with Gasteiger partial charge in [-0.25, -0.2) is 4.98 Å². The van der Waals surface area contributed by atoms with Crippen molar-refractivity contribution < 1.29 is 4.79 Å². The summed E-state index contributed by atoms with van der Waals surface area (Å²) >= 11 is 0. The molecule has 1 aliphatic heterocycles. The van der Waals surface area contributed by atoms with Crippen LogP contribution in [0.3, 0.4) is 0 Å². The third-order valence-electron chi connectivity index (χ3n) is 3.41. The van der Waals surface area contributed by atoms with Crippen molar-refractivity contribution >= 4 is 5.91 Å². The second kappa shape index (κ2) is 4.90. The molecule has 0 aliphatic carbocycles. The van der Waals surface area contributed by atoms with E-state index in [4.69, 9.17) is 0 Å². The van der Waals surface area contributed by atoms with E-state index in [1.54, 1.807) is 0 Å². The molecule has 1 fully saturated rings. The Morgan fingerprint density at radius 1 is 1.47 bits per heavy atom. The molecule has 0 aromatic carbocycles. The lowest BCUT2D eigenvalue weighted by molar-refractivity contribution is -0.129. The van der Waals surface area contributed by atoms with Gasteiger partial charge >= 0.3 is 0 Å². The van der Waals surface area contributed by atoms with Crippen LogP contribution in [0.15, 0.2) is 6.20 Å². The maximum atomic E-state index is 11.9. The molecule has 1 saturated heterocycles. The second-order valence-electron chi connectivity index (χ2n) is 5.02. The Hall–Kier alpha value is -1.32. The quantitative estimate of drug-likeness (QED) is 0.801. The van der Waals surface area contributed by atoms with Crippen molar-refractivity contribution in [2.45, 2.75) is 46.7 Å². The van der Waals surface area contributed by atoms with Gasteiger partial charge in [-0.15, -0.1) is 0 Å². The van der Waals surface area contributed by atoms with E-state index in [0.717, 1.165) is 37.3 Å². The van der Waals surface area contributed by atoms with Gasteiger partial charge in [0, 0.05) is 19.2 Å². The summed E-state index contributed by atoms with van der Waals surface area (Å²) < 4.78 is 2.06. The van der Waals surface area contributed by atoms with E-state index in [0.29, 0.717) is 12.6 Å². The van der Waals surface area contributed by atoms with Crippen LogP contribution in [0.25, 0.3) is 0 Å². The highest BCUT2D eigenvalue weighted by Gasteiger charge is 2.28. The fourth-order valence-electron chi connectivity index (χ4n) is 2.59. The highest BCUT2D eigenvalue weighted by molar-refractivity contribution is 5.78. The Bertz CT molecular complexity index is 411. The maximum absolute atomic E-state index is 11.9. The number of carbonyl (C=O) groups excluding carboxylic acids is 1. The Morgan fingerprint density at radius 3 is 2.82 bits per heavy atom. The van der Waals surface area contributed by atoms with Crippen LogP contribution in [0.2, 0.25) is 0 Å². The monoisotopic (exact) mass is 235 g/mol. The molecule has 1 atom stereocenters. The first kappa shape index (κ1) is 12.1. The Morgan fingerprint density at radius 2 is 2.24 bits per heavy atom. The van der Waals surface area contributed by atoms with Gasteiger partial charge in [-0.2, -0.15) is 0 Å². The number of imidazole rings is 1. The number of aromatic nitrogens is 2. The zero-order chi connectivity index (χ0) is 12.4. The molecule has 1 amide bonds. The van der Waals surface area contributed by atoms with Crippen LogP contribution in [0.5, 0.6) is 0 Å². The van der Waals surface area contributed by atoms with Crippen molar-refractivity contribution in [3.8, 4) is 0 Å². The van der Waals surface area contributed by atoms with Crippen LogP contribution < -0.4 is 0 Å². The van der Waals surface area contributed by atoms with Gasteiger partial charge < -0.3 is 9.47 Å². The molecular formula is C13H21N3O. The number of rotatable bonds is 4. The van der Waals surface area contributed by atoms with Crippen LogP contribution in [-0.4, -0.2) is 26.9 Å². The second-order valence-corrected chi connectivity index (χ2v) is 5.02. The predicted molar refractivity (Wildman–Crippen MR) is 66.4 cm³/mol. The van der Waals surface area contributed by atoms with Gasteiger partial charge in [-0.3, -0.25) is 4.79 Å². The van der Waals surface area contributed by atoms with E-state index in [2.05, 4.69) is 16.5 Å². The smallest absolute Gasteiger partial charge is 0.224 e. The van der Waals surface area contributed by atoms with E-state index < -0.39 is 0 Å². The average molecular weight is 235 g/mol. The van der Waals surface area contributed by atoms with Crippen molar-refractivity contribution in [1.29, 1.82) is 0 Å². The molecule has 17 heavy (non-hydrogen) atoms. The maximum Gasteiger partial charge on any atom is 0.224 e. The number of carbonyl (C=O) groups is 1. The average Bonchev–Trinajstić information content (AvgIpc) is 2.73. The van der Waals surface area contributed by atoms with Crippen LogP contribution in [0, 0.1) is 19.8 Å². The molecule has 1 aromatic heterocycles. The van der Waals surface area contributed by atoms with E-state index in [-0.39, 0.29) is 5.91 Å². The molecule has 4 nitrogen and oxygen atoms in total. The van der Waals surface area contributed by atoms with Gasteiger partial charge in [0.2, 0.25) is 5.91 Å². The summed E-state index contributed by atoms with van der Waals surface area (Å²) in [6.45, 7) is 7.71. The van der Waals surface area contributed by atoms with Crippen LogP contribution in [0.4, 0.5) is 0 Å². The minimum atomic E-state index is 0.286. The first-order valence-electron chi connectivity index (χ1n) is 6.38. The summed E-state index contributed by atoms with van der Waals surface area (Å²) in [6, 6.07) is 0. The summed E-state index contributed by atoms with van der Waals surface area (Å²) in [4.78, 5) is 18.2. The van der Waals surface area contributed by atoms with Gasteiger partial charge in [-0.1, -0.05) is 13.3 Å². The topological polar surface area (TPSA) is 38.1 Å². The van der Waals surface area contributed by atoms with E-state index >= 15 is 0 Å². The standard InChI is InChI=1S/C13H21N3O/c1-4-5-12-6-13(17)16(8-12)9-15-7-10(2)14-11(15)3/h7,12H,4-6,8-9H2,1-3H3. The van der Waals surface area contributed by atoms with Crippen molar-refractivity contribution in [3.63, 3.8) is 0 Å². The molecule has 2 rings (SSSR count). The van der Waals surface area contributed by atoms with Crippen molar-refractivity contribution in [2.24, 2.45) is 5.92 Å². The number of hydrogen-bond donors (Lipinski definition) is 0. The zero-order valence-electron chi connectivity index (χ0n) is 10.9. The molecule has 1 unspecified atom stereocenters. The highest BCUT2D eigenvalue weighted by atomic mass is 16.2. The van der Waals surface area contributed by atoms with Crippen LogP contribution >= 0.6 is 0 Å². The lowest BCUT2D eigenvalue weighted by atomic mass is 10.0. The van der Waals surface area contributed by atoms with Crippen molar-refractivity contribution in [3.05, 3.63) is 17.7 Å². The minimum absolute atomic E-state index is 0.286. The number of amides is 1. The molecule has 0 N–H and O–H groups in total.